The van der Waals surface area contributed by atoms with Crippen molar-refractivity contribution in [3.63, 3.8) is 0 Å². The van der Waals surface area contributed by atoms with Crippen LogP contribution in [0.3, 0.4) is 0 Å². The molecule has 0 fully saturated rings. The Morgan fingerprint density at radius 1 is 0.231 bits per heavy atom. The van der Waals surface area contributed by atoms with Gasteiger partial charge in [0, 0.05) is 49.4 Å². The third-order valence-electron chi connectivity index (χ3n) is 13.1. The van der Waals surface area contributed by atoms with E-state index in [2.05, 4.69) is 229 Å². The summed E-state index contributed by atoms with van der Waals surface area (Å²) in [4.78, 5) is 2.39. The lowest BCUT2D eigenvalue weighted by Gasteiger charge is -2.27. The first kappa shape index (κ1) is 36.9. The zero-order valence-corrected chi connectivity index (χ0v) is 35.3. The van der Waals surface area contributed by atoms with Gasteiger partial charge >= 0.3 is 0 Å². The number of fused-ring (bicyclic) bond motifs is 10. The van der Waals surface area contributed by atoms with Gasteiger partial charge in [-0.15, -0.1) is 0 Å². The van der Waals surface area contributed by atoms with Gasteiger partial charge in [0.1, 0.15) is 22.3 Å². The standard InChI is InChI=1S/C62H39NO2/c1-2-14-40(15-3-1)41-28-30-42(31-29-41)43-32-34-46(35-33-43)63(47-18-12-16-44(36-47)55-38-57-51-22-8-10-26-59(51)64-61(57)53-24-6-4-20-49(53)55)48-19-13-17-45(37-48)56-39-58-52-23-9-11-27-60(52)65-62(58)54-25-7-5-21-50(54)56/h1-39H. The maximum absolute atomic E-state index is 6.50. The molecule has 0 atom stereocenters. The summed E-state index contributed by atoms with van der Waals surface area (Å²) in [5.74, 6) is 0. The van der Waals surface area contributed by atoms with E-state index in [4.69, 9.17) is 8.83 Å². The van der Waals surface area contributed by atoms with Crippen LogP contribution < -0.4 is 4.90 Å². The van der Waals surface area contributed by atoms with E-state index in [1.54, 1.807) is 0 Å². The van der Waals surface area contributed by atoms with E-state index >= 15 is 0 Å². The summed E-state index contributed by atoms with van der Waals surface area (Å²) in [6, 6.07) is 84.8. The van der Waals surface area contributed by atoms with Crippen LogP contribution in [0.25, 0.3) is 110 Å². The van der Waals surface area contributed by atoms with Gasteiger partial charge < -0.3 is 13.7 Å². The predicted octanol–water partition coefficient (Wildman–Crippen LogP) is 17.9. The fourth-order valence-electron chi connectivity index (χ4n) is 9.93. The van der Waals surface area contributed by atoms with Crippen molar-refractivity contribution in [3.05, 3.63) is 237 Å². The number of nitrogens with zero attached hydrogens (tertiary/aromatic N) is 1. The molecule has 2 heterocycles. The molecule has 13 aromatic rings. The van der Waals surface area contributed by atoms with Crippen molar-refractivity contribution in [1.82, 2.24) is 0 Å². The highest BCUT2D eigenvalue weighted by molar-refractivity contribution is 6.20. The smallest absolute Gasteiger partial charge is 0.143 e. The Morgan fingerprint density at radius 3 is 1.08 bits per heavy atom. The van der Waals surface area contributed by atoms with Crippen molar-refractivity contribution in [3.8, 4) is 44.5 Å². The first-order valence-corrected chi connectivity index (χ1v) is 22.1. The molecule has 3 nitrogen and oxygen atoms in total. The van der Waals surface area contributed by atoms with Crippen molar-refractivity contribution in [2.75, 3.05) is 4.90 Å². The Hall–Kier alpha value is -8.66. The summed E-state index contributed by atoms with van der Waals surface area (Å²) < 4.78 is 13.0. The van der Waals surface area contributed by atoms with Gasteiger partial charge in [0.15, 0.2) is 0 Å². The molecule has 0 aliphatic carbocycles. The van der Waals surface area contributed by atoms with Crippen LogP contribution in [-0.2, 0) is 0 Å². The second-order valence-electron chi connectivity index (χ2n) is 16.8. The fourth-order valence-corrected chi connectivity index (χ4v) is 9.93. The highest BCUT2D eigenvalue weighted by Gasteiger charge is 2.20. The molecule has 13 rings (SSSR count). The van der Waals surface area contributed by atoms with Gasteiger partial charge in [-0.2, -0.15) is 0 Å². The lowest BCUT2D eigenvalue weighted by Crippen LogP contribution is -2.10. The van der Waals surface area contributed by atoms with Gasteiger partial charge in [0.2, 0.25) is 0 Å². The fraction of sp³-hybridized carbons (Fsp3) is 0. The van der Waals surface area contributed by atoms with Gasteiger partial charge in [-0.05, 0) is 116 Å². The quantitative estimate of drug-likeness (QED) is 0.160. The van der Waals surface area contributed by atoms with E-state index in [9.17, 15) is 0 Å². The van der Waals surface area contributed by atoms with Crippen molar-refractivity contribution >= 4 is 82.5 Å². The summed E-state index contributed by atoms with van der Waals surface area (Å²) in [5, 5.41) is 8.99. The summed E-state index contributed by atoms with van der Waals surface area (Å²) >= 11 is 0. The Kier molecular flexibility index (Phi) is 8.53. The molecule has 3 heteroatoms. The van der Waals surface area contributed by atoms with E-state index in [1.165, 1.54) is 16.7 Å². The van der Waals surface area contributed by atoms with Gasteiger partial charge in [0.05, 0.1) is 0 Å². The summed E-state index contributed by atoms with van der Waals surface area (Å²) in [6.45, 7) is 0. The van der Waals surface area contributed by atoms with E-state index in [0.29, 0.717) is 0 Å². The molecule has 11 aromatic carbocycles. The number of anilines is 3. The number of furan rings is 2. The minimum atomic E-state index is 0.896. The zero-order valence-electron chi connectivity index (χ0n) is 35.3. The summed E-state index contributed by atoms with van der Waals surface area (Å²) in [6.07, 6.45) is 0. The Balaban J connectivity index is 0.974. The number of hydrogen-bond acceptors (Lipinski definition) is 3. The van der Waals surface area contributed by atoms with Gasteiger partial charge in [-0.1, -0.05) is 176 Å². The van der Waals surface area contributed by atoms with E-state index < -0.39 is 0 Å². The SMILES string of the molecule is c1ccc(-c2ccc(-c3ccc(N(c4cccc(-c5cc6c7ccccc7oc6c6ccccc56)c4)c4cccc(-c5cc6c7ccccc7oc6c6ccccc56)c4)cc3)cc2)cc1. The van der Waals surface area contributed by atoms with Crippen LogP contribution in [0.4, 0.5) is 17.1 Å². The maximum Gasteiger partial charge on any atom is 0.143 e. The molecular weight excluding hydrogens is 791 g/mol. The molecule has 0 aliphatic heterocycles. The molecule has 2 aromatic heterocycles. The van der Waals surface area contributed by atoms with E-state index in [1.807, 2.05) is 12.1 Å². The van der Waals surface area contributed by atoms with Crippen molar-refractivity contribution in [1.29, 1.82) is 0 Å². The first-order chi connectivity index (χ1) is 32.2. The average molecular weight is 830 g/mol. The monoisotopic (exact) mass is 829 g/mol. The average Bonchev–Trinajstić information content (AvgIpc) is 3.96. The minimum absolute atomic E-state index is 0.896. The van der Waals surface area contributed by atoms with Crippen LogP contribution in [0.2, 0.25) is 0 Å². The molecule has 0 radical (unpaired) electrons. The van der Waals surface area contributed by atoms with Crippen LogP contribution in [0.5, 0.6) is 0 Å². The Bertz CT molecular complexity index is 3740. The molecule has 0 spiro atoms. The van der Waals surface area contributed by atoms with Gasteiger partial charge in [0.25, 0.3) is 0 Å². The van der Waals surface area contributed by atoms with Crippen LogP contribution in [-0.4, -0.2) is 0 Å². The van der Waals surface area contributed by atoms with Crippen LogP contribution >= 0.6 is 0 Å². The first-order valence-electron chi connectivity index (χ1n) is 22.1. The Labute approximate surface area is 375 Å². The highest BCUT2D eigenvalue weighted by atomic mass is 16.3. The molecule has 304 valence electrons. The molecule has 0 saturated heterocycles. The zero-order chi connectivity index (χ0) is 42.8. The highest BCUT2D eigenvalue weighted by Crippen LogP contribution is 2.45. The molecule has 0 bridgehead atoms. The Morgan fingerprint density at radius 2 is 0.600 bits per heavy atom. The van der Waals surface area contributed by atoms with Crippen LogP contribution in [0.1, 0.15) is 0 Å². The lowest BCUT2D eigenvalue weighted by molar-refractivity contribution is 0.672. The van der Waals surface area contributed by atoms with Crippen molar-refractivity contribution < 1.29 is 8.83 Å². The molecular formula is C62H39NO2. The second kappa shape index (κ2) is 15.0. The topological polar surface area (TPSA) is 29.5 Å². The summed E-state index contributed by atoms with van der Waals surface area (Å²) in [5.41, 5.74) is 16.2. The van der Waals surface area contributed by atoms with E-state index in [0.717, 1.165) is 110 Å². The molecule has 0 unspecified atom stereocenters. The third kappa shape index (κ3) is 6.20. The molecule has 0 aliphatic rings. The third-order valence-corrected chi connectivity index (χ3v) is 13.1. The summed E-state index contributed by atoms with van der Waals surface area (Å²) in [7, 11) is 0. The number of benzene rings is 11. The van der Waals surface area contributed by atoms with E-state index in [-0.39, 0.29) is 0 Å². The molecule has 0 saturated carbocycles. The van der Waals surface area contributed by atoms with Crippen LogP contribution in [0.15, 0.2) is 245 Å². The predicted molar refractivity (Wildman–Crippen MR) is 272 cm³/mol. The minimum Gasteiger partial charge on any atom is -0.455 e. The number of rotatable bonds is 7. The van der Waals surface area contributed by atoms with Gasteiger partial charge in [-0.25, -0.2) is 0 Å². The number of para-hydroxylation sites is 2. The normalized spacial score (nSPS) is 11.7. The van der Waals surface area contributed by atoms with Crippen molar-refractivity contribution in [2.24, 2.45) is 0 Å². The number of hydrogen-bond donors (Lipinski definition) is 0. The van der Waals surface area contributed by atoms with Gasteiger partial charge in [-0.3, -0.25) is 0 Å². The largest absolute Gasteiger partial charge is 0.455 e. The molecule has 0 amide bonds. The molecule has 65 heavy (non-hydrogen) atoms. The van der Waals surface area contributed by atoms with Crippen LogP contribution in [0, 0.1) is 0 Å². The lowest BCUT2D eigenvalue weighted by atomic mass is 9.94. The molecule has 0 N–H and O–H groups in total. The van der Waals surface area contributed by atoms with Crippen molar-refractivity contribution in [2.45, 2.75) is 0 Å². The maximum atomic E-state index is 6.50. The second-order valence-corrected chi connectivity index (χ2v) is 16.8.